The Kier molecular flexibility index (Phi) is 9.50. The minimum Gasteiger partial charge on any atom is -0.499 e. The number of aromatic hydroxyl groups is 1. The molecule has 0 heterocycles. The van der Waals surface area contributed by atoms with E-state index in [2.05, 4.69) is 4.74 Å². The van der Waals surface area contributed by atoms with Gasteiger partial charge in [0.25, 0.3) is 5.91 Å². The number of ether oxygens (including phenoxy) is 3. The van der Waals surface area contributed by atoms with Crippen molar-refractivity contribution in [2.45, 2.75) is 20.0 Å². The fourth-order valence-corrected chi connectivity index (χ4v) is 3.10. The van der Waals surface area contributed by atoms with Gasteiger partial charge < -0.3 is 24.2 Å². The number of nitro benzene ring substituents is 1. The van der Waals surface area contributed by atoms with Crippen LogP contribution < -0.4 is 4.74 Å². The van der Waals surface area contributed by atoms with Gasteiger partial charge in [0.1, 0.15) is 11.6 Å². The van der Waals surface area contributed by atoms with Gasteiger partial charge in [-0.15, -0.1) is 0 Å². The lowest BCUT2D eigenvalue weighted by atomic mass is 10.1. The molecule has 0 bridgehead atoms. The van der Waals surface area contributed by atoms with Crippen LogP contribution in [0.25, 0.3) is 6.08 Å². The van der Waals surface area contributed by atoms with Crippen molar-refractivity contribution in [2.24, 2.45) is 0 Å². The molecular weight excluding hydrogens is 474 g/mol. The lowest BCUT2D eigenvalue weighted by Crippen LogP contribution is -2.31. The van der Waals surface area contributed by atoms with Crippen LogP contribution in [-0.2, 0) is 19.1 Å². The van der Waals surface area contributed by atoms with Crippen LogP contribution in [0.3, 0.4) is 0 Å². The first-order valence-electron chi connectivity index (χ1n) is 10.6. The van der Waals surface area contributed by atoms with Gasteiger partial charge in [0.15, 0.2) is 5.75 Å². The molecular formula is C24H23N3O9. The zero-order valence-electron chi connectivity index (χ0n) is 19.7. The Balaban J connectivity index is 2.44. The summed E-state index contributed by atoms with van der Waals surface area (Å²) < 4.78 is 14.6. The van der Waals surface area contributed by atoms with Crippen molar-refractivity contribution in [1.29, 1.82) is 5.26 Å². The largest absolute Gasteiger partial charge is 0.515 e. The van der Waals surface area contributed by atoms with Gasteiger partial charge in [0.05, 0.1) is 12.0 Å². The van der Waals surface area contributed by atoms with E-state index >= 15 is 0 Å². The average molecular weight is 497 g/mol. The molecule has 2 aromatic carbocycles. The van der Waals surface area contributed by atoms with Crippen molar-refractivity contribution in [2.75, 3.05) is 20.2 Å². The summed E-state index contributed by atoms with van der Waals surface area (Å²) in [4.78, 5) is 49.0. The number of hydrogen-bond acceptors (Lipinski definition) is 10. The number of phenolic OH excluding ortho intramolecular Hbond substituents is 1. The third kappa shape index (κ3) is 6.57. The van der Waals surface area contributed by atoms with Gasteiger partial charge in [-0.2, -0.15) is 5.26 Å². The van der Waals surface area contributed by atoms with Crippen LogP contribution >= 0.6 is 0 Å². The van der Waals surface area contributed by atoms with Crippen LogP contribution in [-0.4, -0.2) is 53.2 Å². The molecule has 0 aliphatic carbocycles. The number of nitriles is 1. The lowest BCUT2D eigenvalue weighted by molar-refractivity contribution is -0.385. The van der Waals surface area contributed by atoms with Gasteiger partial charge in [-0.25, -0.2) is 9.59 Å². The highest BCUT2D eigenvalue weighted by Crippen LogP contribution is 2.38. The lowest BCUT2D eigenvalue weighted by Gasteiger charge is -2.18. The van der Waals surface area contributed by atoms with E-state index in [1.165, 1.54) is 17.0 Å². The van der Waals surface area contributed by atoms with E-state index in [1.807, 2.05) is 0 Å². The fourth-order valence-electron chi connectivity index (χ4n) is 3.10. The minimum atomic E-state index is -1.51. The van der Waals surface area contributed by atoms with Crippen LogP contribution in [0, 0.1) is 21.4 Å². The third-order valence-corrected chi connectivity index (χ3v) is 4.91. The molecule has 0 aliphatic heterocycles. The predicted molar refractivity (Wildman–Crippen MR) is 125 cm³/mol. The first-order valence-corrected chi connectivity index (χ1v) is 10.6. The molecule has 1 N–H and O–H groups in total. The topological polar surface area (TPSA) is 169 Å². The van der Waals surface area contributed by atoms with E-state index in [0.717, 1.165) is 25.3 Å². The van der Waals surface area contributed by atoms with Gasteiger partial charge in [-0.05, 0) is 31.6 Å². The molecule has 36 heavy (non-hydrogen) atoms. The molecule has 1 unspecified atom stereocenters. The van der Waals surface area contributed by atoms with Crippen molar-refractivity contribution in [3.63, 3.8) is 0 Å². The van der Waals surface area contributed by atoms with E-state index < -0.39 is 46.2 Å². The van der Waals surface area contributed by atoms with E-state index in [4.69, 9.17) is 9.47 Å². The second kappa shape index (κ2) is 12.5. The average Bonchev–Trinajstić information content (AvgIpc) is 2.87. The number of rotatable bonds is 9. The van der Waals surface area contributed by atoms with Crippen LogP contribution in [0.2, 0.25) is 0 Å². The molecule has 1 atom stereocenters. The van der Waals surface area contributed by atoms with Crippen LogP contribution in [0.1, 0.15) is 31.1 Å². The number of likely N-dealkylation sites (N-methyl/N-ethyl adjacent to an activating group) is 1. The number of nitro groups is 1. The van der Waals surface area contributed by atoms with Gasteiger partial charge in [0.2, 0.25) is 11.9 Å². The molecule has 0 aromatic heterocycles. The standard InChI is InChI=1S/C24H23N3O9/c1-4-26(5-2)22(29)17(14-25)11-15-12-18(27(32)33)20(28)19(13-15)35-24(31)36-21(23(30)34-3)16-9-7-6-8-10-16/h6-13,21,28H,4-5H2,1-3H3. The molecule has 2 aromatic rings. The van der Waals surface area contributed by atoms with E-state index in [-0.39, 0.29) is 16.7 Å². The molecule has 0 spiro atoms. The Morgan fingerprint density at radius 3 is 2.36 bits per heavy atom. The molecule has 1 amide bonds. The van der Waals surface area contributed by atoms with Gasteiger partial charge in [-0.1, -0.05) is 30.3 Å². The number of nitrogens with zero attached hydrogens (tertiary/aromatic N) is 3. The Bertz CT molecular complexity index is 1220. The van der Waals surface area contributed by atoms with Gasteiger partial charge in [-0.3, -0.25) is 14.9 Å². The second-order valence-electron chi connectivity index (χ2n) is 7.07. The molecule has 0 radical (unpaired) electrons. The number of carbonyl (C=O) groups is 3. The maximum Gasteiger partial charge on any atom is 0.515 e. The van der Waals surface area contributed by atoms with Gasteiger partial charge >= 0.3 is 17.8 Å². The normalized spacial score (nSPS) is 11.6. The zero-order valence-corrected chi connectivity index (χ0v) is 19.7. The van der Waals surface area contributed by atoms with Crippen molar-refractivity contribution in [1.82, 2.24) is 4.90 Å². The van der Waals surface area contributed by atoms with Crippen LogP contribution in [0.15, 0.2) is 48.0 Å². The summed E-state index contributed by atoms with van der Waals surface area (Å²) in [6.07, 6.45) is -1.92. The number of benzene rings is 2. The molecule has 188 valence electrons. The highest BCUT2D eigenvalue weighted by molar-refractivity contribution is 6.01. The van der Waals surface area contributed by atoms with Crippen LogP contribution in [0.4, 0.5) is 10.5 Å². The Hall–Kier alpha value is -4.92. The number of amides is 1. The summed E-state index contributed by atoms with van der Waals surface area (Å²) in [7, 11) is 1.09. The van der Waals surface area contributed by atoms with Crippen molar-refractivity contribution in [3.8, 4) is 17.6 Å². The Labute approximate surface area is 206 Å². The summed E-state index contributed by atoms with van der Waals surface area (Å²) in [5.74, 6) is -3.22. The van der Waals surface area contributed by atoms with Crippen molar-refractivity contribution >= 4 is 29.8 Å². The van der Waals surface area contributed by atoms with E-state index in [1.54, 1.807) is 38.1 Å². The van der Waals surface area contributed by atoms with E-state index in [9.17, 15) is 34.9 Å². The van der Waals surface area contributed by atoms with Crippen LogP contribution in [0.5, 0.6) is 11.5 Å². The minimum absolute atomic E-state index is 0.0769. The molecule has 0 saturated carbocycles. The highest BCUT2D eigenvalue weighted by atomic mass is 16.7. The molecule has 2 rings (SSSR count). The van der Waals surface area contributed by atoms with Crippen molar-refractivity contribution < 1.29 is 38.6 Å². The zero-order chi connectivity index (χ0) is 26.8. The summed E-state index contributed by atoms with van der Waals surface area (Å²) in [6, 6.07) is 11.5. The smallest absolute Gasteiger partial charge is 0.499 e. The number of carbonyl (C=O) groups excluding carboxylic acids is 3. The third-order valence-electron chi connectivity index (χ3n) is 4.91. The summed E-state index contributed by atoms with van der Waals surface area (Å²) in [5.41, 5.74) is -0.998. The quantitative estimate of drug-likeness (QED) is 0.135. The molecule has 12 heteroatoms. The number of methoxy groups -OCH3 is 1. The summed E-state index contributed by atoms with van der Waals surface area (Å²) in [6.45, 7) is 4.09. The SMILES string of the molecule is CCN(CC)C(=O)C(C#N)=Cc1cc(OC(=O)OC(C(=O)OC)c2ccccc2)c(O)c([N+](=O)[O-])c1. The molecule has 0 fully saturated rings. The maximum absolute atomic E-state index is 12.5. The summed E-state index contributed by atoms with van der Waals surface area (Å²) >= 11 is 0. The maximum atomic E-state index is 12.5. The van der Waals surface area contributed by atoms with Crippen molar-refractivity contribution in [3.05, 3.63) is 69.3 Å². The second-order valence-corrected chi connectivity index (χ2v) is 7.07. The number of phenols is 1. The summed E-state index contributed by atoms with van der Waals surface area (Å²) in [5, 5.41) is 31.2. The predicted octanol–water partition coefficient (Wildman–Crippen LogP) is 3.51. The first-order chi connectivity index (χ1) is 17.2. The molecule has 0 aliphatic rings. The monoisotopic (exact) mass is 497 g/mol. The first kappa shape index (κ1) is 27.3. The number of esters is 1. The molecule has 12 nitrogen and oxygen atoms in total. The molecule has 0 saturated heterocycles. The van der Waals surface area contributed by atoms with E-state index in [0.29, 0.717) is 13.1 Å². The van der Waals surface area contributed by atoms with Gasteiger partial charge in [0, 0.05) is 24.7 Å². The Morgan fingerprint density at radius 1 is 1.19 bits per heavy atom. The number of hydrogen-bond donors (Lipinski definition) is 1. The Morgan fingerprint density at radius 2 is 1.83 bits per heavy atom. The fraction of sp³-hybridized carbons (Fsp3) is 0.250. The highest BCUT2D eigenvalue weighted by Gasteiger charge is 2.29.